The van der Waals surface area contributed by atoms with E-state index < -0.39 is 12.1 Å². The fourth-order valence-electron chi connectivity index (χ4n) is 5.67. The third-order valence-corrected chi connectivity index (χ3v) is 7.97. The van der Waals surface area contributed by atoms with Crippen LogP contribution in [-0.2, 0) is 23.7 Å². The molecule has 2 saturated heterocycles. The Balaban J connectivity index is 1.47. The lowest BCUT2D eigenvalue weighted by molar-refractivity contribution is -0.193. The van der Waals surface area contributed by atoms with E-state index in [0.717, 1.165) is 44.3 Å². The van der Waals surface area contributed by atoms with E-state index in [1.807, 2.05) is 36.4 Å². The molecule has 0 radical (unpaired) electrons. The molecule has 2 aliphatic heterocycles. The van der Waals surface area contributed by atoms with Crippen LogP contribution < -0.4 is 9.47 Å². The Morgan fingerprint density at radius 2 is 1.76 bits per heavy atom. The summed E-state index contributed by atoms with van der Waals surface area (Å²) in [5, 5.41) is 19.9. The van der Waals surface area contributed by atoms with E-state index in [2.05, 4.69) is 11.8 Å². The van der Waals surface area contributed by atoms with Crippen molar-refractivity contribution in [3.63, 3.8) is 0 Å². The van der Waals surface area contributed by atoms with Crippen LogP contribution in [0.25, 0.3) is 0 Å². The lowest BCUT2D eigenvalue weighted by atomic mass is 9.89. The minimum absolute atomic E-state index is 0.0697. The second-order valence-electron chi connectivity index (χ2n) is 11.1. The molecule has 1 aromatic rings. The molecule has 2 N–H and O–H groups in total. The summed E-state index contributed by atoms with van der Waals surface area (Å²) in [6.45, 7) is 1.67. The van der Waals surface area contributed by atoms with E-state index in [1.165, 1.54) is 0 Å². The Morgan fingerprint density at radius 1 is 1.05 bits per heavy atom. The molecule has 5 unspecified atom stereocenters. The van der Waals surface area contributed by atoms with Crippen molar-refractivity contribution in [1.29, 1.82) is 0 Å². The zero-order valence-electron chi connectivity index (χ0n) is 24.6. The van der Waals surface area contributed by atoms with E-state index in [1.54, 1.807) is 13.2 Å². The van der Waals surface area contributed by atoms with Gasteiger partial charge < -0.3 is 38.6 Å². The van der Waals surface area contributed by atoms with Crippen LogP contribution in [0.2, 0.25) is 0 Å². The lowest BCUT2D eigenvalue weighted by Gasteiger charge is -2.29. The van der Waals surface area contributed by atoms with E-state index in [0.29, 0.717) is 44.8 Å². The van der Waals surface area contributed by atoms with Gasteiger partial charge in [0.05, 0.1) is 19.3 Å². The molecular formula is C33H46O9. The van der Waals surface area contributed by atoms with E-state index in [4.69, 9.17) is 33.5 Å². The van der Waals surface area contributed by atoms with Crippen molar-refractivity contribution in [1.82, 2.24) is 0 Å². The first kappa shape index (κ1) is 32.3. The number of aliphatic hydroxyl groups is 1. The predicted molar refractivity (Wildman–Crippen MR) is 156 cm³/mol. The number of hydrogen-bond donors (Lipinski definition) is 2. The van der Waals surface area contributed by atoms with Gasteiger partial charge in [0.2, 0.25) is 0 Å². The molecule has 1 aromatic carbocycles. The molecule has 1 saturated carbocycles. The molecule has 0 spiro atoms. The van der Waals surface area contributed by atoms with Gasteiger partial charge in [0.1, 0.15) is 24.2 Å². The van der Waals surface area contributed by atoms with Crippen molar-refractivity contribution >= 4 is 5.97 Å². The fourth-order valence-corrected chi connectivity index (χ4v) is 5.67. The zero-order valence-corrected chi connectivity index (χ0v) is 24.6. The third-order valence-electron chi connectivity index (χ3n) is 7.97. The highest BCUT2D eigenvalue weighted by Crippen LogP contribution is 2.39. The fraction of sp³-hybridized carbons (Fsp3) is 0.636. The first-order chi connectivity index (χ1) is 20.5. The molecule has 0 aromatic heterocycles. The number of ether oxygens (including phenoxy) is 6. The van der Waals surface area contributed by atoms with Crippen LogP contribution in [0, 0.1) is 11.8 Å². The topological polar surface area (TPSA) is 113 Å². The van der Waals surface area contributed by atoms with Gasteiger partial charge in [0, 0.05) is 32.0 Å². The summed E-state index contributed by atoms with van der Waals surface area (Å²) in [5.74, 6) is 0.467. The highest BCUT2D eigenvalue weighted by molar-refractivity contribution is 5.66. The largest absolute Gasteiger partial charge is 0.497 e. The maximum atomic E-state index is 11.1. The third kappa shape index (κ3) is 10.6. The molecule has 4 rings (SSSR count). The van der Waals surface area contributed by atoms with Crippen LogP contribution in [-0.4, -0.2) is 74.0 Å². The van der Waals surface area contributed by atoms with E-state index >= 15 is 0 Å². The number of allylic oxidation sites excluding steroid dienone is 1. The summed E-state index contributed by atoms with van der Waals surface area (Å²) in [6.07, 6.45) is 13.5. The van der Waals surface area contributed by atoms with Crippen LogP contribution in [0.15, 0.2) is 54.3 Å². The van der Waals surface area contributed by atoms with Gasteiger partial charge in [0.25, 0.3) is 0 Å². The number of methoxy groups -OCH3 is 1. The maximum absolute atomic E-state index is 11.1. The number of carbonyl (C=O) groups is 1. The van der Waals surface area contributed by atoms with Crippen molar-refractivity contribution in [2.75, 3.05) is 26.9 Å². The van der Waals surface area contributed by atoms with Crippen LogP contribution in [0.1, 0.15) is 64.2 Å². The van der Waals surface area contributed by atoms with Gasteiger partial charge in [-0.2, -0.15) is 0 Å². The van der Waals surface area contributed by atoms with Crippen molar-refractivity contribution in [3.05, 3.63) is 54.3 Å². The van der Waals surface area contributed by atoms with E-state index in [9.17, 15) is 9.90 Å². The number of benzene rings is 1. The van der Waals surface area contributed by atoms with Crippen LogP contribution in [0.3, 0.4) is 0 Å². The maximum Gasteiger partial charge on any atom is 0.303 e. The van der Waals surface area contributed by atoms with Gasteiger partial charge in [-0.05, 0) is 93.7 Å². The zero-order chi connectivity index (χ0) is 29.6. The first-order valence-electron chi connectivity index (χ1n) is 15.3. The molecule has 42 heavy (non-hydrogen) atoms. The number of aliphatic carboxylic acids is 1. The van der Waals surface area contributed by atoms with Crippen LogP contribution in [0.4, 0.5) is 0 Å². The Bertz CT molecular complexity index is 1020. The highest BCUT2D eigenvalue weighted by Gasteiger charge is 2.42. The summed E-state index contributed by atoms with van der Waals surface area (Å²) >= 11 is 0. The number of aliphatic hydroxyl groups excluding tert-OH is 1. The number of carboxylic acid groups (broad SMARTS) is 1. The minimum Gasteiger partial charge on any atom is -0.497 e. The molecule has 1 aliphatic carbocycles. The summed E-state index contributed by atoms with van der Waals surface area (Å²) in [7, 11) is 1.63. The first-order valence-corrected chi connectivity index (χ1v) is 15.3. The Labute approximate surface area is 249 Å². The molecule has 7 atom stereocenters. The quantitative estimate of drug-likeness (QED) is 0.206. The van der Waals surface area contributed by atoms with Gasteiger partial charge in [0.15, 0.2) is 12.6 Å². The molecule has 0 amide bonds. The Morgan fingerprint density at radius 3 is 2.43 bits per heavy atom. The summed E-state index contributed by atoms with van der Waals surface area (Å²) in [4.78, 5) is 10.8. The SMILES string of the molecule is COc1ccc(OCC(/C=C/[C@H]2C(OC3CCCCO3)CC(O)[C@@H]2CC=C=CCCC(=O)O)OC2CCCCO2)cc1. The number of carboxylic acids is 1. The molecular weight excluding hydrogens is 540 g/mol. The van der Waals surface area contributed by atoms with Crippen molar-refractivity contribution in [2.45, 2.75) is 95.1 Å². The molecule has 3 aliphatic rings. The molecule has 0 bridgehead atoms. The monoisotopic (exact) mass is 586 g/mol. The average Bonchev–Trinajstić information content (AvgIpc) is 3.30. The Hall–Kier alpha value is -2.65. The molecule has 2 heterocycles. The molecule has 9 heteroatoms. The normalized spacial score (nSPS) is 28.6. The summed E-state index contributed by atoms with van der Waals surface area (Å²) in [6, 6.07) is 7.44. The summed E-state index contributed by atoms with van der Waals surface area (Å²) in [5.41, 5.74) is 3.09. The van der Waals surface area contributed by atoms with Crippen molar-refractivity contribution in [2.24, 2.45) is 11.8 Å². The second kappa shape index (κ2) is 17.5. The van der Waals surface area contributed by atoms with E-state index in [-0.39, 0.29) is 43.0 Å². The predicted octanol–water partition coefficient (Wildman–Crippen LogP) is 5.42. The smallest absolute Gasteiger partial charge is 0.303 e. The Kier molecular flexibility index (Phi) is 13.4. The average molecular weight is 587 g/mol. The molecule has 9 nitrogen and oxygen atoms in total. The number of rotatable bonds is 15. The minimum atomic E-state index is -0.833. The molecule has 3 fully saturated rings. The van der Waals surface area contributed by atoms with Gasteiger partial charge in [-0.25, -0.2) is 0 Å². The van der Waals surface area contributed by atoms with Gasteiger partial charge in [-0.1, -0.05) is 12.2 Å². The van der Waals surface area contributed by atoms with Gasteiger partial charge in [-0.15, -0.1) is 5.73 Å². The van der Waals surface area contributed by atoms with Crippen molar-refractivity contribution in [3.8, 4) is 11.5 Å². The highest BCUT2D eigenvalue weighted by atomic mass is 16.7. The van der Waals surface area contributed by atoms with Gasteiger partial charge >= 0.3 is 5.97 Å². The lowest BCUT2D eigenvalue weighted by Crippen LogP contribution is -2.32. The van der Waals surface area contributed by atoms with Crippen molar-refractivity contribution < 1.29 is 43.4 Å². The summed E-state index contributed by atoms with van der Waals surface area (Å²) < 4.78 is 35.8. The second-order valence-corrected chi connectivity index (χ2v) is 11.1. The van der Waals surface area contributed by atoms with Crippen LogP contribution in [0.5, 0.6) is 11.5 Å². The standard InChI is InChI=1S/C33H46O9/c1-37-24-14-16-25(17-15-24)40-23-26(41-32-12-6-8-20-38-32)18-19-28-27(10-4-2-3-5-11-31(35)36)29(34)22-30(28)42-33-13-7-9-21-39-33/h3-4,14-19,26-30,32-34H,5-13,20-23H2,1H3,(H,35,36)/b19-18+/t2?,26?,27-,28-,29?,30?,32?,33?/m1/s1. The van der Waals surface area contributed by atoms with Crippen LogP contribution >= 0.6 is 0 Å². The van der Waals surface area contributed by atoms with Gasteiger partial charge in [-0.3, -0.25) is 4.79 Å². The molecule has 232 valence electrons. The number of hydrogen-bond acceptors (Lipinski definition) is 8.